The van der Waals surface area contributed by atoms with E-state index in [2.05, 4.69) is 16.1 Å². The average Bonchev–Trinajstić information content (AvgIpc) is 3.00. The Morgan fingerprint density at radius 3 is 2.31 bits per heavy atom. The van der Waals surface area contributed by atoms with Crippen molar-refractivity contribution < 1.29 is 18.0 Å². The molecule has 9 heteroatoms. The molecule has 5 unspecified atom stereocenters. The number of fused-ring (bicyclic) bond motifs is 1. The van der Waals surface area contributed by atoms with E-state index in [0.717, 1.165) is 12.5 Å². The zero-order chi connectivity index (χ0) is 21.5. The van der Waals surface area contributed by atoms with Crippen LogP contribution >= 0.6 is 0 Å². The van der Waals surface area contributed by atoms with E-state index in [1.165, 1.54) is 12.1 Å². The molecule has 3 rings (SSSR count). The largest absolute Gasteiger partial charge is 0.327 e. The number of hydrogen-bond donors (Lipinski definition) is 3. The molecule has 0 aromatic heterocycles. The number of hydrogen-bond acceptors (Lipinski definition) is 5. The smallest absolute Gasteiger partial charge is 0.270 e. The maximum absolute atomic E-state index is 13.7. The molecule has 1 amide bonds. The van der Waals surface area contributed by atoms with Gasteiger partial charge in [-0.15, -0.1) is 0 Å². The van der Waals surface area contributed by atoms with Gasteiger partial charge in [0.1, 0.15) is 13.0 Å². The molecule has 2 fully saturated rings. The van der Waals surface area contributed by atoms with Crippen molar-refractivity contribution in [3.63, 3.8) is 0 Å². The maximum atomic E-state index is 13.7. The molecule has 0 saturated carbocycles. The summed E-state index contributed by atoms with van der Waals surface area (Å²) in [6.07, 6.45) is -0.822. The Morgan fingerprint density at radius 1 is 1.21 bits per heavy atom. The van der Waals surface area contributed by atoms with Gasteiger partial charge < -0.3 is 5.32 Å². The van der Waals surface area contributed by atoms with Crippen LogP contribution in [0.1, 0.15) is 37.9 Å². The van der Waals surface area contributed by atoms with Crippen molar-refractivity contribution in [2.75, 3.05) is 20.8 Å². The number of rotatable bonds is 6. The summed E-state index contributed by atoms with van der Waals surface area (Å²) in [7, 11) is 3.67. The number of halogens is 3. The van der Waals surface area contributed by atoms with Crippen molar-refractivity contribution in [2.24, 2.45) is 11.8 Å². The van der Waals surface area contributed by atoms with Gasteiger partial charge in [-0.1, -0.05) is 38.1 Å². The van der Waals surface area contributed by atoms with E-state index in [1.54, 1.807) is 12.1 Å². The van der Waals surface area contributed by atoms with Gasteiger partial charge in [0.05, 0.1) is 24.2 Å². The number of carbonyl (C=O) groups excluding carboxylic acids is 1. The van der Waals surface area contributed by atoms with Crippen molar-refractivity contribution in [3.05, 3.63) is 35.4 Å². The van der Waals surface area contributed by atoms with Crippen LogP contribution in [-0.4, -0.2) is 55.1 Å². The fraction of sp³-hybridized carbons (Fsp3) is 0.650. The van der Waals surface area contributed by atoms with Gasteiger partial charge >= 0.3 is 0 Å². The first-order valence-corrected chi connectivity index (χ1v) is 9.86. The van der Waals surface area contributed by atoms with Gasteiger partial charge in [0.2, 0.25) is 5.91 Å². The van der Waals surface area contributed by atoms with Gasteiger partial charge in [0.15, 0.2) is 0 Å². The van der Waals surface area contributed by atoms with Crippen molar-refractivity contribution in [1.29, 1.82) is 0 Å². The molecule has 3 N–H and O–H groups in total. The van der Waals surface area contributed by atoms with E-state index < -0.39 is 30.7 Å². The standard InChI is InChI=1S/C20H30F3N5O/c1-11(2)16(12-6-8-13(9-7-12)20(3,22)23)28-17-15(14(10-21)26-28)18(29)25-19(24-17)27(4)5/h6-9,11,14-17,19,24,26H,10H2,1-5H3,(H,25,29). The summed E-state index contributed by atoms with van der Waals surface area (Å²) < 4.78 is 40.9. The molecular formula is C20H30F3N5O. The second-order valence-electron chi connectivity index (χ2n) is 8.51. The molecule has 2 saturated heterocycles. The van der Waals surface area contributed by atoms with E-state index in [1.807, 2.05) is 37.9 Å². The van der Waals surface area contributed by atoms with Gasteiger partial charge in [-0.2, -0.15) is 0 Å². The van der Waals surface area contributed by atoms with Gasteiger partial charge in [-0.05, 0) is 25.6 Å². The Bertz CT molecular complexity index is 722. The summed E-state index contributed by atoms with van der Waals surface area (Å²) >= 11 is 0. The number of amides is 1. The Labute approximate surface area is 169 Å². The summed E-state index contributed by atoms with van der Waals surface area (Å²) in [5, 5.41) is 8.12. The first-order chi connectivity index (χ1) is 13.5. The third-order valence-electron chi connectivity index (χ3n) is 5.67. The summed E-state index contributed by atoms with van der Waals surface area (Å²) in [5.41, 5.74) is 3.94. The van der Waals surface area contributed by atoms with E-state index in [0.29, 0.717) is 0 Å². The first kappa shape index (κ1) is 22.0. The molecule has 162 valence electrons. The first-order valence-electron chi connectivity index (χ1n) is 9.86. The van der Waals surface area contributed by atoms with Crippen LogP contribution in [0.4, 0.5) is 13.2 Å². The minimum Gasteiger partial charge on any atom is -0.327 e. The van der Waals surface area contributed by atoms with Crippen molar-refractivity contribution in [3.8, 4) is 0 Å². The zero-order valence-electron chi connectivity index (χ0n) is 17.4. The summed E-state index contributed by atoms with van der Waals surface area (Å²) in [6.45, 7) is 4.20. The molecule has 0 radical (unpaired) electrons. The lowest BCUT2D eigenvalue weighted by Gasteiger charge is -2.42. The van der Waals surface area contributed by atoms with Crippen LogP contribution in [0.5, 0.6) is 0 Å². The molecule has 2 heterocycles. The number of nitrogens with one attached hydrogen (secondary N) is 3. The second-order valence-corrected chi connectivity index (χ2v) is 8.51. The zero-order valence-corrected chi connectivity index (χ0v) is 17.4. The van der Waals surface area contributed by atoms with Gasteiger partial charge in [0.25, 0.3) is 5.92 Å². The molecule has 0 bridgehead atoms. The Hall–Kier alpha value is -1.68. The molecule has 5 atom stereocenters. The van der Waals surface area contributed by atoms with Crippen LogP contribution in [0.3, 0.4) is 0 Å². The minimum atomic E-state index is -2.91. The summed E-state index contributed by atoms with van der Waals surface area (Å²) in [4.78, 5) is 14.5. The van der Waals surface area contributed by atoms with Crippen molar-refractivity contribution in [1.82, 2.24) is 26.0 Å². The van der Waals surface area contributed by atoms with Crippen molar-refractivity contribution in [2.45, 2.75) is 51.2 Å². The molecule has 2 aliphatic rings. The Balaban J connectivity index is 1.94. The lowest BCUT2D eigenvalue weighted by atomic mass is 9.91. The summed E-state index contributed by atoms with van der Waals surface area (Å²) in [5.74, 6) is -3.64. The number of nitrogens with zero attached hydrogens (tertiary/aromatic N) is 2. The minimum absolute atomic E-state index is 0.0551. The van der Waals surface area contributed by atoms with E-state index >= 15 is 0 Å². The predicted molar refractivity (Wildman–Crippen MR) is 104 cm³/mol. The molecule has 0 aliphatic carbocycles. The monoisotopic (exact) mass is 413 g/mol. The van der Waals surface area contributed by atoms with Crippen LogP contribution in [0.15, 0.2) is 24.3 Å². The predicted octanol–water partition coefficient (Wildman–Crippen LogP) is 2.16. The SMILES string of the molecule is CC(C)C(c1ccc(C(C)(F)F)cc1)N1NC(CF)C2C(=O)NC(N(C)C)NC21. The fourth-order valence-electron chi connectivity index (χ4n) is 4.19. The highest BCUT2D eigenvalue weighted by molar-refractivity contribution is 5.81. The number of alkyl halides is 3. The molecule has 1 aromatic carbocycles. The van der Waals surface area contributed by atoms with Gasteiger partial charge in [0, 0.05) is 12.5 Å². The van der Waals surface area contributed by atoms with Crippen LogP contribution in [0.25, 0.3) is 0 Å². The maximum Gasteiger partial charge on any atom is 0.270 e. The van der Waals surface area contributed by atoms with Gasteiger partial charge in [-0.25, -0.2) is 23.6 Å². The lowest BCUT2D eigenvalue weighted by Crippen LogP contribution is -2.68. The molecule has 6 nitrogen and oxygen atoms in total. The van der Waals surface area contributed by atoms with E-state index in [-0.39, 0.29) is 29.7 Å². The summed E-state index contributed by atoms with van der Waals surface area (Å²) in [6, 6.07) is 5.33. The Morgan fingerprint density at radius 2 is 1.83 bits per heavy atom. The average molecular weight is 413 g/mol. The molecule has 0 spiro atoms. The molecule has 2 aliphatic heterocycles. The number of carbonyl (C=O) groups is 1. The highest BCUT2D eigenvalue weighted by atomic mass is 19.3. The van der Waals surface area contributed by atoms with Gasteiger partial charge in [-0.3, -0.25) is 15.0 Å². The highest BCUT2D eigenvalue weighted by Gasteiger charge is 2.52. The highest BCUT2D eigenvalue weighted by Crippen LogP contribution is 2.37. The van der Waals surface area contributed by atoms with Crippen molar-refractivity contribution >= 4 is 5.91 Å². The van der Waals surface area contributed by atoms with Crippen LogP contribution in [0.2, 0.25) is 0 Å². The second kappa shape index (κ2) is 8.22. The normalized spacial score (nSPS) is 29.2. The molecular weight excluding hydrogens is 383 g/mol. The Kier molecular flexibility index (Phi) is 6.24. The third kappa shape index (κ3) is 4.28. The number of benzene rings is 1. The van der Waals surface area contributed by atoms with E-state index in [9.17, 15) is 18.0 Å². The topological polar surface area (TPSA) is 59.6 Å². The van der Waals surface area contributed by atoms with Crippen LogP contribution in [-0.2, 0) is 10.7 Å². The number of hydrazine groups is 1. The quantitative estimate of drug-likeness (QED) is 0.667. The fourth-order valence-corrected chi connectivity index (χ4v) is 4.19. The molecule has 1 aromatic rings. The van der Waals surface area contributed by atoms with Crippen LogP contribution < -0.4 is 16.1 Å². The van der Waals surface area contributed by atoms with E-state index in [4.69, 9.17) is 0 Å². The third-order valence-corrected chi connectivity index (χ3v) is 5.67. The lowest BCUT2D eigenvalue weighted by molar-refractivity contribution is -0.133. The van der Waals surface area contributed by atoms with Crippen LogP contribution in [0, 0.1) is 11.8 Å². The molecule has 29 heavy (non-hydrogen) atoms.